The third-order valence-electron chi connectivity index (χ3n) is 7.98. The van der Waals surface area contributed by atoms with Crippen molar-refractivity contribution in [2.45, 2.75) is 88.2 Å². The van der Waals surface area contributed by atoms with E-state index in [1.165, 1.54) is 0 Å². The number of hydrogen-bond donors (Lipinski definition) is 13. The molecule has 0 aromatic rings. The van der Waals surface area contributed by atoms with Crippen LogP contribution in [0.2, 0.25) is 0 Å². The molecular formula is C30H49N9O14S2. The van der Waals surface area contributed by atoms with Crippen molar-refractivity contribution in [1.82, 2.24) is 37.2 Å². The summed E-state index contributed by atoms with van der Waals surface area (Å²) >= 11 is 0. The van der Waals surface area contributed by atoms with Gasteiger partial charge in [0.15, 0.2) is 0 Å². The van der Waals surface area contributed by atoms with E-state index < -0.39 is 153 Å². The summed E-state index contributed by atoms with van der Waals surface area (Å²) in [5.74, 6) is -12.0. The molecule has 1 aliphatic rings. The maximum Gasteiger partial charge on any atom is 0.327 e. The molecule has 0 aromatic heterocycles. The lowest BCUT2D eigenvalue weighted by Crippen LogP contribution is -2.61. The van der Waals surface area contributed by atoms with E-state index in [-0.39, 0.29) is 17.9 Å². The van der Waals surface area contributed by atoms with Crippen molar-refractivity contribution >= 4 is 80.8 Å². The number of carboxylic acid groups (broad SMARTS) is 2. The lowest BCUT2D eigenvalue weighted by Gasteiger charge is -2.29. The minimum absolute atomic E-state index is 0.0932. The molecule has 1 heterocycles. The summed E-state index contributed by atoms with van der Waals surface area (Å²) in [4.78, 5) is 126. The number of carbonyl (C=O) groups excluding carboxylic acids is 8. The zero-order valence-corrected chi connectivity index (χ0v) is 31.7. The minimum Gasteiger partial charge on any atom is -0.481 e. The molecule has 1 fully saturated rings. The van der Waals surface area contributed by atoms with Crippen LogP contribution in [-0.4, -0.2) is 153 Å². The smallest absolute Gasteiger partial charge is 0.327 e. The predicted molar refractivity (Wildman–Crippen MR) is 194 cm³/mol. The average Bonchev–Trinajstić information content (AvgIpc) is 3.13. The first-order valence-corrected chi connectivity index (χ1v) is 19.4. The van der Waals surface area contributed by atoms with Gasteiger partial charge in [-0.25, -0.2) is 4.79 Å². The van der Waals surface area contributed by atoms with E-state index in [1.54, 1.807) is 13.8 Å². The van der Waals surface area contributed by atoms with Crippen molar-refractivity contribution in [3.8, 4) is 0 Å². The zero-order valence-electron chi connectivity index (χ0n) is 30.0. The molecule has 23 nitrogen and oxygen atoms in total. The lowest BCUT2D eigenvalue weighted by atomic mass is 9.97. The summed E-state index contributed by atoms with van der Waals surface area (Å²) in [5, 5.41) is 54.5. The maximum absolute atomic E-state index is 13.6. The van der Waals surface area contributed by atoms with Crippen molar-refractivity contribution in [2.75, 3.05) is 31.3 Å². The number of aliphatic carboxylic acids is 2. The Morgan fingerprint density at radius 2 is 1.20 bits per heavy atom. The zero-order chi connectivity index (χ0) is 41.8. The molecule has 15 N–H and O–H groups in total. The molecule has 0 aromatic carbocycles. The summed E-state index contributed by atoms with van der Waals surface area (Å²) in [6.45, 7) is 0.533. The maximum atomic E-state index is 13.6. The summed E-state index contributed by atoms with van der Waals surface area (Å²) in [6.07, 6.45) is -1.92. The van der Waals surface area contributed by atoms with Crippen LogP contribution < -0.4 is 48.7 Å². The largest absolute Gasteiger partial charge is 0.481 e. The van der Waals surface area contributed by atoms with E-state index >= 15 is 0 Å². The summed E-state index contributed by atoms with van der Waals surface area (Å²) < 4.78 is 0. The predicted octanol–water partition coefficient (Wildman–Crippen LogP) is -6.02. The van der Waals surface area contributed by atoms with E-state index in [0.29, 0.717) is 0 Å². The quantitative estimate of drug-likeness (QED) is 0.0863. The van der Waals surface area contributed by atoms with E-state index in [2.05, 4.69) is 37.2 Å². The summed E-state index contributed by atoms with van der Waals surface area (Å²) in [7, 11) is 1.84. The number of aliphatic hydroxyl groups excluding tert-OH is 2. The van der Waals surface area contributed by atoms with E-state index in [0.717, 1.165) is 21.6 Å². The average molecular weight is 824 g/mol. The molecular weight excluding hydrogens is 775 g/mol. The second-order valence-electron chi connectivity index (χ2n) is 12.3. The molecule has 25 heteroatoms. The van der Waals surface area contributed by atoms with Gasteiger partial charge in [0.2, 0.25) is 47.3 Å². The molecule has 0 aliphatic carbocycles. The van der Waals surface area contributed by atoms with Gasteiger partial charge in [0.1, 0.15) is 36.3 Å². The fourth-order valence-electron chi connectivity index (χ4n) is 4.55. The number of primary amides is 1. The van der Waals surface area contributed by atoms with Gasteiger partial charge in [-0.2, -0.15) is 0 Å². The molecule has 8 amide bonds. The van der Waals surface area contributed by atoms with Crippen LogP contribution >= 0.6 is 21.6 Å². The normalized spacial score (nSPS) is 26.8. The highest BCUT2D eigenvalue weighted by Crippen LogP contribution is 2.23. The van der Waals surface area contributed by atoms with Crippen LogP contribution in [-0.2, 0) is 47.9 Å². The minimum atomic E-state index is -1.78. The molecule has 310 valence electrons. The van der Waals surface area contributed by atoms with Gasteiger partial charge in [0.25, 0.3) is 0 Å². The van der Waals surface area contributed by atoms with Crippen LogP contribution in [0.25, 0.3) is 0 Å². The molecule has 8 atom stereocenters. The second-order valence-corrected chi connectivity index (χ2v) is 14.8. The van der Waals surface area contributed by atoms with Gasteiger partial charge in [0, 0.05) is 24.3 Å². The Bertz CT molecular complexity index is 1420. The van der Waals surface area contributed by atoms with Gasteiger partial charge < -0.3 is 69.1 Å². The number of aliphatic hydroxyl groups is 2. The Morgan fingerprint density at radius 1 is 0.709 bits per heavy atom. The fraction of sp³-hybridized carbons (Fsp3) is 0.667. The van der Waals surface area contributed by atoms with Gasteiger partial charge >= 0.3 is 11.9 Å². The molecule has 0 spiro atoms. The van der Waals surface area contributed by atoms with Crippen molar-refractivity contribution in [3.63, 3.8) is 0 Å². The fourth-order valence-corrected chi connectivity index (χ4v) is 6.82. The summed E-state index contributed by atoms with van der Waals surface area (Å²) in [6, 6.07) is -11.0. The first-order chi connectivity index (χ1) is 25.8. The molecule has 1 aliphatic heterocycles. The van der Waals surface area contributed by atoms with Crippen molar-refractivity contribution in [1.29, 1.82) is 0 Å². The van der Waals surface area contributed by atoms with Crippen molar-refractivity contribution in [2.24, 2.45) is 17.4 Å². The number of carbonyl (C=O) groups is 10. The second kappa shape index (κ2) is 24.6. The van der Waals surface area contributed by atoms with Crippen LogP contribution in [0.1, 0.15) is 46.0 Å². The number of amides is 8. The lowest BCUT2D eigenvalue weighted by molar-refractivity contribution is -0.142. The Balaban J connectivity index is 3.58. The molecule has 0 bridgehead atoms. The van der Waals surface area contributed by atoms with E-state index in [9.17, 15) is 68.4 Å². The molecule has 1 saturated heterocycles. The first kappa shape index (κ1) is 48.3. The number of nitrogens with one attached hydrogen (secondary N) is 7. The van der Waals surface area contributed by atoms with Crippen LogP contribution in [0.3, 0.4) is 0 Å². The highest BCUT2D eigenvalue weighted by atomic mass is 33.1. The van der Waals surface area contributed by atoms with Crippen LogP contribution in [0.4, 0.5) is 0 Å². The third kappa shape index (κ3) is 17.5. The number of hydrogen-bond acceptors (Lipinski definition) is 15. The standard InChI is InChI=1S/C30H49N9O14S2/c1-3-13(2)23-29(51)36-16(5-7-22(44)45)25(47)35-15(4-6-20(32)42)26(48)37-18(10-41)27(49)38-19(30(52)53)12-55-54-11-14(31)24(46)33-8-21(43)34-17(9-40)28(50)39-23/h13-19,23,40-41H,3-12,31H2,1-2H3,(H2,32,42)(H,33,46)(H,34,43)(H,35,47)(H,36,51)(H,37,48)(H,38,49)(H,39,50)(H,44,45)(H,52,53). The monoisotopic (exact) mass is 823 g/mol. The van der Waals surface area contributed by atoms with Crippen LogP contribution in [0, 0.1) is 5.92 Å². The molecule has 0 saturated carbocycles. The first-order valence-electron chi connectivity index (χ1n) is 16.9. The Labute approximate surface area is 322 Å². The van der Waals surface area contributed by atoms with Crippen LogP contribution in [0.15, 0.2) is 0 Å². The topological polar surface area (TPSA) is 388 Å². The van der Waals surface area contributed by atoms with Gasteiger partial charge in [0.05, 0.1) is 25.8 Å². The SMILES string of the molecule is CCC(C)C1NC(=O)C(CO)NC(=O)CNC(=O)C(N)CSSCC(C(=O)O)NC(=O)C(CO)NC(=O)C(CCC(N)=O)NC(=O)C(CCC(=O)O)NC1=O. The molecule has 1 rings (SSSR count). The van der Waals surface area contributed by atoms with Crippen molar-refractivity contribution in [3.05, 3.63) is 0 Å². The van der Waals surface area contributed by atoms with Crippen LogP contribution in [0.5, 0.6) is 0 Å². The molecule has 55 heavy (non-hydrogen) atoms. The Morgan fingerprint density at radius 3 is 1.73 bits per heavy atom. The third-order valence-corrected chi connectivity index (χ3v) is 10.4. The van der Waals surface area contributed by atoms with E-state index in [1.807, 2.05) is 0 Å². The van der Waals surface area contributed by atoms with Crippen molar-refractivity contribution < 1.29 is 68.4 Å². The number of rotatable bonds is 11. The Hall–Kier alpha value is -4.72. The number of carboxylic acids is 2. The van der Waals surface area contributed by atoms with Gasteiger partial charge in [-0.3, -0.25) is 43.2 Å². The Kier molecular flexibility index (Phi) is 21.6. The molecule has 0 radical (unpaired) electrons. The molecule has 8 unspecified atom stereocenters. The van der Waals surface area contributed by atoms with Gasteiger partial charge in [-0.15, -0.1) is 0 Å². The number of nitrogens with two attached hydrogens (primary N) is 2. The highest BCUT2D eigenvalue weighted by Gasteiger charge is 2.35. The van der Waals surface area contributed by atoms with E-state index in [4.69, 9.17) is 11.5 Å². The van der Waals surface area contributed by atoms with Gasteiger partial charge in [-0.1, -0.05) is 41.9 Å². The van der Waals surface area contributed by atoms with Gasteiger partial charge in [-0.05, 0) is 18.8 Å². The highest BCUT2D eigenvalue weighted by molar-refractivity contribution is 8.76. The summed E-state index contributed by atoms with van der Waals surface area (Å²) in [5.41, 5.74) is 11.1.